The fraction of sp³-hybridized carbons (Fsp3) is 0.917. The van der Waals surface area contributed by atoms with Crippen molar-refractivity contribution in [3.63, 3.8) is 0 Å². The van der Waals surface area contributed by atoms with Crippen LogP contribution in [-0.2, 0) is 0 Å². The molecule has 0 unspecified atom stereocenters. The Morgan fingerprint density at radius 2 is 2.00 bits per heavy atom. The number of nitrogens with two attached hydrogens (primary N) is 1. The Morgan fingerprint density at radius 3 is 2.50 bits per heavy atom. The second kappa shape index (κ2) is 6.09. The van der Waals surface area contributed by atoms with Crippen molar-refractivity contribution in [1.82, 2.24) is 10.6 Å². The largest absolute Gasteiger partial charge is 0.370 e. The molecule has 1 saturated carbocycles. The average Bonchev–Trinajstić information content (AvgIpc) is 2.08. The van der Waals surface area contributed by atoms with Gasteiger partial charge in [-0.25, -0.2) is 0 Å². The number of rotatable bonds is 5. The minimum absolute atomic E-state index is 0.166. The van der Waals surface area contributed by atoms with Gasteiger partial charge in [-0.15, -0.1) is 0 Å². The first-order valence-corrected chi connectivity index (χ1v) is 6.26. The lowest BCUT2D eigenvalue weighted by atomic mass is 9.86. The highest BCUT2D eigenvalue weighted by Gasteiger charge is 2.16. The van der Waals surface area contributed by atoms with Crippen LogP contribution in [0.4, 0.5) is 0 Å². The van der Waals surface area contributed by atoms with E-state index in [0.717, 1.165) is 25.6 Å². The molecule has 4 nitrogen and oxygen atoms in total. The van der Waals surface area contributed by atoms with Crippen LogP contribution < -0.4 is 16.4 Å². The molecule has 0 radical (unpaired) electrons. The van der Waals surface area contributed by atoms with Gasteiger partial charge in [0, 0.05) is 25.2 Å². The molecule has 0 amide bonds. The molecule has 1 rings (SSSR count). The quantitative estimate of drug-likeness (QED) is 0.373. The maximum absolute atomic E-state index is 5.76. The number of nitrogens with one attached hydrogen (secondary N) is 2. The molecule has 0 aromatic heterocycles. The molecule has 1 fully saturated rings. The zero-order valence-corrected chi connectivity index (χ0v) is 10.8. The van der Waals surface area contributed by atoms with Crippen molar-refractivity contribution in [3.8, 4) is 0 Å². The highest BCUT2D eigenvalue weighted by Crippen LogP contribution is 2.26. The molecule has 0 aromatic rings. The van der Waals surface area contributed by atoms with Crippen molar-refractivity contribution >= 4 is 5.96 Å². The van der Waals surface area contributed by atoms with Gasteiger partial charge in [-0.05, 0) is 39.5 Å². The van der Waals surface area contributed by atoms with Gasteiger partial charge in [0.05, 0.1) is 0 Å². The van der Waals surface area contributed by atoms with Gasteiger partial charge in [-0.1, -0.05) is 6.42 Å². The summed E-state index contributed by atoms with van der Waals surface area (Å²) < 4.78 is 0. The molecule has 0 bridgehead atoms. The van der Waals surface area contributed by atoms with Crippen LogP contribution in [-0.4, -0.2) is 31.1 Å². The lowest BCUT2D eigenvalue weighted by Gasteiger charge is -2.23. The Bertz CT molecular complexity index is 226. The van der Waals surface area contributed by atoms with Gasteiger partial charge in [0.2, 0.25) is 0 Å². The Hall–Kier alpha value is -0.770. The predicted molar refractivity (Wildman–Crippen MR) is 69.6 cm³/mol. The van der Waals surface area contributed by atoms with E-state index in [1.165, 1.54) is 19.3 Å². The molecule has 0 aromatic carbocycles. The van der Waals surface area contributed by atoms with Crippen LogP contribution >= 0.6 is 0 Å². The monoisotopic (exact) mass is 226 g/mol. The van der Waals surface area contributed by atoms with Crippen LogP contribution in [0.25, 0.3) is 0 Å². The van der Waals surface area contributed by atoms with Crippen molar-refractivity contribution in [1.29, 1.82) is 0 Å². The van der Waals surface area contributed by atoms with E-state index in [1.807, 2.05) is 0 Å². The number of hydrogen-bond acceptors (Lipinski definition) is 2. The Labute approximate surface area is 99.1 Å². The van der Waals surface area contributed by atoms with E-state index < -0.39 is 0 Å². The second-order valence-corrected chi connectivity index (χ2v) is 5.63. The molecule has 4 heteroatoms. The van der Waals surface area contributed by atoms with Crippen molar-refractivity contribution in [2.45, 2.75) is 45.6 Å². The Morgan fingerprint density at radius 1 is 1.31 bits per heavy atom. The van der Waals surface area contributed by atoms with Crippen LogP contribution in [0.5, 0.6) is 0 Å². The minimum Gasteiger partial charge on any atom is -0.370 e. The van der Waals surface area contributed by atoms with Gasteiger partial charge in [-0.3, -0.25) is 4.99 Å². The van der Waals surface area contributed by atoms with Crippen molar-refractivity contribution < 1.29 is 0 Å². The Balaban J connectivity index is 2.02. The highest BCUT2D eigenvalue weighted by molar-refractivity contribution is 5.77. The molecule has 0 aliphatic heterocycles. The third kappa shape index (κ3) is 5.95. The van der Waals surface area contributed by atoms with E-state index in [2.05, 4.69) is 36.4 Å². The summed E-state index contributed by atoms with van der Waals surface area (Å²) in [7, 11) is 0. The fourth-order valence-electron chi connectivity index (χ4n) is 1.59. The lowest BCUT2D eigenvalue weighted by Crippen LogP contribution is -2.43. The van der Waals surface area contributed by atoms with E-state index in [9.17, 15) is 0 Å². The molecule has 16 heavy (non-hydrogen) atoms. The molecule has 0 heterocycles. The molecule has 0 spiro atoms. The molecule has 0 saturated heterocycles. The maximum Gasteiger partial charge on any atom is 0.188 e. The van der Waals surface area contributed by atoms with Crippen LogP contribution in [0.2, 0.25) is 0 Å². The summed E-state index contributed by atoms with van der Waals surface area (Å²) in [4.78, 5) is 4.34. The Kier molecular flexibility index (Phi) is 5.06. The fourth-order valence-corrected chi connectivity index (χ4v) is 1.59. The first-order chi connectivity index (χ1) is 7.47. The van der Waals surface area contributed by atoms with Gasteiger partial charge in [0.1, 0.15) is 0 Å². The normalized spacial score (nSPS) is 18.3. The van der Waals surface area contributed by atoms with Gasteiger partial charge >= 0.3 is 0 Å². The molecule has 94 valence electrons. The van der Waals surface area contributed by atoms with Gasteiger partial charge in [0.15, 0.2) is 5.96 Å². The summed E-state index contributed by atoms with van der Waals surface area (Å²) in [5.74, 6) is 1.37. The third-order valence-electron chi connectivity index (χ3n) is 2.83. The van der Waals surface area contributed by atoms with Crippen LogP contribution in [0.3, 0.4) is 0 Å². The topological polar surface area (TPSA) is 62.4 Å². The van der Waals surface area contributed by atoms with E-state index in [-0.39, 0.29) is 5.54 Å². The molecular weight excluding hydrogens is 200 g/mol. The summed E-state index contributed by atoms with van der Waals surface area (Å²) >= 11 is 0. The molecule has 1 aliphatic carbocycles. The lowest BCUT2D eigenvalue weighted by molar-refractivity contribution is 0.326. The summed E-state index contributed by atoms with van der Waals surface area (Å²) in [6, 6.07) is 0. The minimum atomic E-state index is 0.166. The highest BCUT2D eigenvalue weighted by atomic mass is 15.1. The summed E-state index contributed by atoms with van der Waals surface area (Å²) in [5, 5.41) is 6.52. The summed E-state index contributed by atoms with van der Waals surface area (Å²) in [5.41, 5.74) is 5.93. The van der Waals surface area contributed by atoms with Crippen LogP contribution in [0.1, 0.15) is 40.0 Å². The number of aliphatic imine (C=N–C) groups is 1. The average molecular weight is 226 g/mol. The zero-order valence-electron chi connectivity index (χ0n) is 10.8. The second-order valence-electron chi connectivity index (χ2n) is 5.63. The molecular formula is C12H26N4. The smallest absolute Gasteiger partial charge is 0.188 e. The SMILES string of the molecule is CC(C)(C)NCCNC(N)=NCC1CCC1. The van der Waals surface area contributed by atoms with Crippen LogP contribution in [0, 0.1) is 5.92 Å². The van der Waals surface area contributed by atoms with Gasteiger partial charge in [0.25, 0.3) is 0 Å². The van der Waals surface area contributed by atoms with Gasteiger partial charge < -0.3 is 16.4 Å². The van der Waals surface area contributed by atoms with Crippen molar-refractivity contribution in [2.75, 3.05) is 19.6 Å². The first kappa shape index (κ1) is 13.3. The summed E-state index contributed by atoms with van der Waals surface area (Å²) in [6.45, 7) is 9.09. The first-order valence-electron chi connectivity index (χ1n) is 6.26. The van der Waals surface area contributed by atoms with E-state index in [0.29, 0.717) is 5.96 Å². The maximum atomic E-state index is 5.76. The summed E-state index contributed by atoms with van der Waals surface area (Å²) in [6.07, 6.45) is 4.01. The number of hydrogen-bond donors (Lipinski definition) is 3. The number of nitrogens with zero attached hydrogens (tertiary/aromatic N) is 1. The molecule has 4 N–H and O–H groups in total. The standard InChI is InChI=1S/C12H26N4/c1-12(2,3)16-8-7-14-11(13)15-9-10-5-4-6-10/h10,16H,4-9H2,1-3H3,(H3,13,14,15). The van der Waals surface area contributed by atoms with Crippen molar-refractivity contribution in [2.24, 2.45) is 16.6 Å². The van der Waals surface area contributed by atoms with Crippen LogP contribution in [0.15, 0.2) is 4.99 Å². The van der Waals surface area contributed by atoms with E-state index in [4.69, 9.17) is 5.73 Å². The molecule has 1 aliphatic rings. The van der Waals surface area contributed by atoms with E-state index in [1.54, 1.807) is 0 Å². The zero-order chi connectivity index (χ0) is 12.0. The van der Waals surface area contributed by atoms with Gasteiger partial charge in [-0.2, -0.15) is 0 Å². The van der Waals surface area contributed by atoms with Crippen molar-refractivity contribution in [3.05, 3.63) is 0 Å². The number of guanidine groups is 1. The predicted octanol–water partition coefficient (Wildman–Crippen LogP) is 1.08. The third-order valence-corrected chi connectivity index (χ3v) is 2.83. The molecule has 0 atom stereocenters. The van der Waals surface area contributed by atoms with E-state index >= 15 is 0 Å².